The molecule has 0 aromatic heterocycles. The molecule has 0 bridgehead atoms. The van der Waals surface area contributed by atoms with E-state index in [0.29, 0.717) is 17.7 Å². The van der Waals surface area contributed by atoms with Crippen molar-refractivity contribution in [3.63, 3.8) is 0 Å². The number of fused-ring (bicyclic) bond motifs is 2. The molecule has 4 heteroatoms. The Morgan fingerprint density at radius 2 is 1.83 bits per heavy atom. The van der Waals surface area contributed by atoms with Gasteiger partial charge in [-0.2, -0.15) is 0 Å². The van der Waals surface area contributed by atoms with Crippen LogP contribution >= 0.6 is 0 Å². The van der Waals surface area contributed by atoms with Crippen molar-refractivity contribution >= 4 is 17.6 Å². The fourth-order valence-electron chi connectivity index (χ4n) is 3.33. The first-order valence-electron chi connectivity index (χ1n) is 7.97. The first-order valence-corrected chi connectivity index (χ1v) is 7.97. The number of ketones is 2. The molecule has 0 aliphatic heterocycles. The molecule has 0 spiro atoms. The van der Waals surface area contributed by atoms with E-state index in [1.807, 2.05) is 25.1 Å². The molecule has 3 rings (SSSR count). The van der Waals surface area contributed by atoms with Gasteiger partial charge in [-0.1, -0.05) is 19.9 Å². The van der Waals surface area contributed by atoms with Crippen molar-refractivity contribution in [2.75, 3.05) is 7.11 Å². The third-order valence-electron chi connectivity index (χ3n) is 4.60. The minimum atomic E-state index is -0.617. The number of benzene rings is 1. The van der Waals surface area contributed by atoms with Crippen molar-refractivity contribution in [2.24, 2.45) is 5.92 Å². The average Bonchev–Trinajstić information content (AvgIpc) is 2.72. The van der Waals surface area contributed by atoms with Crippen molar-refractivity contribution in [3.05, 3.63) is 57.4 Å². The topological polar surface area (TPSA) is 63.6 Å². The predicted octanol–water partition coefficient (Wildman–Crippen LogP) is 3.49. The monoisotopic (exact) mass is 324 g/mol. The van der Waals surface area contributed by atoms with Gasteiger partial charge in [0.1, 0.15) is 11.5 Å². The van der Waals surface area contributed by atoms with Gasteiger partial charge in [-0.15, -0.1) is 0 Å². The number of allylic oxidation sites excluding steroid dienone is 3. The van der Waals surface area contributed by atoms with Gasteiger partial charge in [0.2, 0.25) is 11.6 Å². The van der Waals surface area contributed by atoms with Gasteiger partial charge in [0.05, 0.1) is 7.11 Å². The molecule has 1 N–H and O–H groups in total. The van der Waals surface area contributed by atoms with E-state index in [0.717, 1.165) is 16.7 Å². The lowest BCUT2D eigenvalue weighted by atomic mass is 9.81. The van der Waals surface area contributed by atoms with E-state index in [9.17, 15) is 14.7 Å². The van der Waals surface area contributed by atoms with Crippen LogP contribution in [-0.4, -0.2) is 23.8 Å². The van der Waals surface area contributed by atoms with Crippen LogP contribution in [0, 0.1) is 12.8 Å². The Bertz CT molecular complexity index is 851. The number of ether oxygens (including phenoxy) is 1. The Labute approximate surface area is 141 Å². The molecule has 0 fully saturated rings. The minimum absolute atomic E-state index is 0.0710. The Balaban J connectivity index is 2.25. The van der Waals surface area contributed by atoms with Gasteiger partial charge >= 0.3 is 0 Å². The number of aryl methyl sites for hydroxylation is 1. The molecular weight excluding hydrogens is 304 g/mol. The molecule has 124 valence electrons. The maximum absolute atomic E-state index is 12.6. The highest BCUT2D eigenvalue weighted by atomic mass is 16.5. The number of carbonyl (C=O) groups is 2. The van der Waals surface area contributed by atoms with Crippen LogP contribution in [0.5, 0.6) is 5.75 Å². The summed E-state index contributed by atoms with van der Waals surface area (Å²) >= 11 is 0. The van der Waals surface area contributed by atoms with Gasteiger partial charge in [0.15, 0.2) is 0 Å². The zero-order valence-electron chi connectivity index (χ0n) is 14.3. The summed E-state index contributed by atoms with van der Waals surface area (Å²) in [6.07, 6.45) is 4.11. The number of hydrogen-bond donors (Lipinski definition) is 1. The first-order chi connectivity index (χ1) is 11.3. The van der Waals surface area contributed by atoms with Gasteiger partial charge in [-0.25, -0.2) is 0 Å². The van der Waals surface area contributed by atoms with Crippen LogP contribution in [0.2, 0.25) is 0 Å². The maximum Gasteiger partial charge on any atom is 0.234 e. The van der Waals surface area contributed by atoms with Gasteiger partial charge < -0.3 is 9.84 Å². The number of carbonyl (C=O) groups excluding carboxylic acids is 2. The number of hydrogen-bond acceptors (Lipinski definition) is 4. The predicted molar refractivity (Wildman–Crippen MR) is 92.0 cm³/mol. The third-order valence-corrected chi connectivity index (χ3v) is 4.60. The standard InChI is InChI=1S/C20H20O4/c1-10(2)17-18(21)15-6-5-14-11(3)7-13(24-4)8-12(14)9-16(15)19(22)20(17)23/h6-10,21H,5H2,1-4H3. The SMILES string of the molecule is COc1cc(C)c2c(c1)C=C1C(=O)C(=O)C(C(C)C)=C(O)C1=CC2. The van der Waals surface area contributed by atoms with Gasteiger partial charge in [-0.3, -0.25) is 9.59 Å². The fourth-order valence-corrected chi connectivity index (χ4v) is 3.33. The second kappa shape index (κ2) is 5.78. The smallest absolute Gasteiger partial charge is 0.234 e. The lowest BCUT2D eigenvalue weighted by Crippen LogP contribution is -2.29. The van der Waals surface area contributed by atoms with Crippen LogP contribution in [0.25, 0.3) is 6.08 Å². The summed E-state index contributed by atoms with van der Waals surface area (Å²) in [5.74, 6) is -0.761. The maximum atomic E-state index is 12.6. The molecule has 4 nitrogen and oxygen atoms in total. The fraction of sp³-hybridized carbons (Fsp3) is 0.300. The van der Waals surface area contributed by atoms with Crippen LogP contribution < -0.4 is 4.74 Å². The summed E-state index contributed by atoms with van der Waals surface area (Å²) in [5.41, 5.74) is 3.86. The molecular formula is C20H20O4. The number of rotatable bonds is 2. The van der Waals surface area contributed by atoms with Crippen molar-refractivity contribution in [3.8, 4) is 5.75 Å². The van der Waals surface area contributed by atoms with E-state index in [-0.39, 0.29) is 22.8 Å². The van der Waals surface area contributed by atoms with Gasteiger partial charge in [-0.05, 0) is 54.2 Å². The molecule has 24 heavy (non-hydrogen) atoms. The van der Waals surface area contributed by atoms with Gasteiger partial charge in [0, 0.05) is 16.7 Å². The number of aliphatic hydroxyl groups is 1. The molecule has 0 saturated heterocycles. The molecule has 0 unspecified atom stereocenters. The van der Waals surface area contributed by atoms with E-state index < -0.39 is 11.6 Å². The number of methoxy groups -OCH3 is 1. The zero-order chi connectivity index (χ0) is 17.6. The minimum Gasteiger partial charge on any atom is -0.507 e. The number of Topliss-reactive ketones (excluding diaryl/α,β-unsaturated/α-hetero) is 2. The Kier molecular flexibility index (Phi) is 3.91. The summed E-state index contributed by atoms with van der Waals surface area (Å²) in [7, 11) is 1.59. The molecule has 0 amide bonds. The highest BCUT2D eigenvalue weighted by Gasteiger charge is 2.37. The summed E-state index contributed by atoms with van der Waals surface area (Å²) in [6.45, 7) is 5.58. The molecule has 1 aromatic rings. The molecule has 0 saturated carbocycles. The molecule has 1 aromatic carbocycles. The van der Waals surface area contributed by atoms with Crippen LogP contribution in [0.4, 0.5) is 0 Å². The highest BCUT2D eigenvalue weighted by Crippen LogP contribution is 2.37. The van der Waals surface area contributed by atoms with Crippen LogP contribution in [0.1, 0.15) is 30.5 Å². The molecule has 2 aliphatic rings. The third kappa shape index (κ3) is 2.39. The summed E-state index contributed by atoms with van der Waals surface area (Å²) in [5, 5.41) is 10.6. The summed E-state index contributed by atoms with van der Waals surface area (Å²) in [6, 6.07) is 3.79. The van der Waals surface area contributed by atoms with Gasteiger partial charge in [0.25, 0.3) is 0 Å². The van der Waals surface area contributed by atoms with Crippen LogP contribution in [0.15, 0.2) is 40.7 Å². The second-order valence-electron chi connectivity index (χ2n) is 6.47. The quantitative estimate of drug-likeness (QED) is 0.846. The largest absolute Gasteiger partial charge is 0.507 e. The average molecular weight is 324 g/mol. The van der Waals surface area contributed by atoms with Crippen molar-refractivity contribution in [1.29, 1.82) is 0 Å². The van der Waals surface area contributed by atoms with Crippen molar-refractivity contribution < 1.29 is 19.4 Å². The molecule has 2 aliphatic carbocycles. The lowest BCUT2D eigenvalue weighted by Gasteiger charge is -2.21. The van der Waals surface area contributed by atoms with Crippen molar-refractivity contribution in [1.82, 2.24) is 0 Å². The molecule has 0 radical (unpaired) electrons. The van der Waals surface area contributed by atoms with E-state index >= 15 is 0 Å². The number of aliphatic hydroxyl groups excluding tert-OH is 1. The lowest BCUT2D eigenvalue weighted by molar-refractivity contribution is -0.132. The van der Waals surface area contributed by atoms with E-state index in [1.54, 1.807) is 27.0 Å². The first kappa shape index (κ1) is 16.2. The summed E-state index contributed by atoms with van der Waals surface area (Å²) in [4.78, 5) is 25.0. The van der Waals surface area contributed by atoms with Crippen LogP contribution in [-0.2, 0) is 16.0 Å². The Hall–Kier alpha value is -2.62. The second-order valence-corrected chi connectivity index (χ2v) is 6.47. The molecule has 0 atom stereocenters. The van der Waals surface area contributed by atoms with E-state index in [2.05, 4.69) is 0 Å². The van der Waals surface area contributed by atoms with Crippen LogP contribution in [0.3, 0.4) is 0 Å². The van der Waals surface area contributed by atoms with Crippen molar-refractivity contribution in [2.45, 2.75) is 27.2 Å². The Morgan fingerprint density at radius 1 is 1.12 bits per heavy atom. The normalized spacial score (nSPS) is 17.2. The highest BCUT2D eigenvalue weighted by molar-refractivity contribution is 6.52. The zero-order valence-corrected chi connectivity index (χ0v) is 14.3. The van der Waals surface area contributed by atoms with E-state index in [1.165, 1.54) is 0 Å². The Morgan fingerprint density at radius 3 is 2.46 bits per heavy atom. The summed E-state index contributed by atoms with van der Waals surface area (Å²) < 4.78 is 5.30. The van der Waals surface area contributed by atoms with E-state index in [4.69, 9.17) is 4.74 Å². The molecule has 0 heterocycles.